The number of aromatic nitrogens is 1. The highest BCUT2D eigenvalue weighted by molar-refractivity contribution is 7.09. The first kappa shape index (κ1) is 19.9. The molecule has 0 fully saturated rings. The smallest absolute Gasteiger partial charge is 0.253 e. The molecule has 0 aliphatic carbocycles. The van der Waals surface area contributed by atoms with Gasteiger partial charge < -0.3 is 15.5 Å². The maximum atomic E-state index is 11.9. The second-order valence-corrected chi connectivity index (χ2v) is 7.19. The Hall–Kier alpha value is -2.41. The first-order chi connectivity index (χ1) is 12.5. The van der Waals surface area contributed by atoms with Crippen LogP contribution < -0.4 is 10.6 Å². The van der Waals surface area contributed by atoms with Crippen molar-refractivity contribution < 1.29 is 4.79 Å². The zero-order valence-corrected chi connectivity index (χ0v) is 16.7. The van der Waals surface area contributed by atoms with Crippen molar-refractivity contribution in [3.63, 3.8) is 0 Å². The van der Waals surface area contributed by atoms with E-state index in [0.29, 0.717) is 12.1 Å². The summed E-state index contributed by atoms with van der Waals surface area (Å²) < 4.78 is 0. The second kappa shape index (κ2) is 9.91. The number of aliphatic imine (C=N–C) groups is 1. The number of carbonyl (C=O) groups excluding carboxylic acids is 1. The number of carbonyl (C=O) groups is 1. The fourth-order valence-corrected chi connectivity index (χ4v) is 3.00. The number of amides is 1. The molecule has 0 aliphatic rings. The number of aryl methyl sites for hydroxylation is 1. The van der Waals surface area contributed by atoms with Gasteiger partial charge in [0.25, 0.3) is 5.91 Å². The van der Waals surface area contributed by atoms with Crippen molar-refractivity contribution in [3.8, 4) is 0 Å². The predicted molar refractivity (Wildman–Crippen MR) is 108 cm³/mol. The standard InChI is InChI=1S/C19H27N5OS/c1-5-20-19(21-11-10-17-13-26-14(2)23-17)22-12-15-6-8-16(9-7-15)18(25)24(3)4/h6-9,13H,5,10-12H2,1-4H3,(H2,20,21,22). The van der Waals surface area contributed by atoms with Crippen LogP contribution >= 0.6 is 11.3 Å². The molecule has 0 saturated carbocycles. The van der Waals surface area contributed by atoms with Crippen LogP contribution in [0.2, 0.25) is 0 Å². The van der Waals surface area contributed by atoms with Gasteiger partial charge in [0.05, 0.1) is 17.2 Å². The third-order valence-electron chi connectivity index (χ3n) is 3.71. The molecule has 1 amide bonds. The molecule has 140 valence electrons. The first-order valence-corrected chi connectivity index (χ1v) is 9.61. The monoisotopic (exact) mass is 373 g/mol. The van der Waals surface area contributed by atoms with E-state index < -0.39 is 0 Å². The minimum absolute atomic E-state index is 0.00679. The molecule has 0 bridgehead atoms. The van der Waals surface area contributed by atoms with Crippen LogP contribution in [0.4, 0.5) is 0 Å². The fourth-order valence-electron chi connectivity index (χ4n) is 2.36. The van der Waals surface area contributed by atoms with Gasteiger partial charge in [-0.15, -0.1) is 11.3 Å². The van der Waals surface area contributed by atoms with E-state index in [-0.39, 0.29) is 5.91 Å². The number of hydrogen-bond acceptors (Lipinski definition) is 4. The van der Waals surface area contributed by atoms with Crippen molar-refractivity contribution >= 4 is 23.2 Å². The molecule has 26 heavy (non-hydrogen) atoms. The van der Waals surface area contributed by atoms with Crippen LogP contribution in [-0.2, 0) is 13.0 Å². The Bertz CT molecular complexity index is 737. The Labute approximate surface area is 159 Å². The summed E-state index contributed by atoms with van der Waals surface area (Å²) in [5.41, 5.74) is 2.86. The van der Waals surface area contributed by atoms with Crippen molar-refractivity contribution in [2.24, 2.45) is 4.99 Å². The van der Waals surface area contributed by atoms with E-state index in [0.717, 1.165) is 41.7 Å². The lowest BCUT2D eigenvalue weighted by atomic mass is 10.1. The van der Waals surface area contributed by atoms with E-state index in [1.54, 1.807) is 30.3 Å². The van der Waals surface area contributed by atoms with Crippen LogP contribution in [0.5, 0.6) is 0 Å². The molecular formula is C19H27N5OS. The van der Waals surface area contributed by atoms with E-state index >= 15 is 0 Å². The van der Waals surface area contributed by atoms with Gasteiger partial charge in [-0.25, -0.2) is 9.98 Å². The zero-order valence-electron chi connectivity index (χ0n) is 15.9. The van der Waals surface area contributed by atoms with Crippen LogP contribution in [0.1, 0.15) is 33.5 Å². The molecule has 0 atom stereocenters. The lowest BCUT2D eigenvalue weighted by Crippen LogP contribution is -2.38. The topological polar surface area (TPSA) is 69.6 Å². The summed E-state index contributed by atoms with van der Waals surface area (Å²) >= 11 is 1.67. The Morgan fingerprint density at radius 1 is 1.23 bits per heavy atom. The Morgan fingerprint density at radius 2 is 1.96 bits per heavy atom. The van der Waals surface area contributed by atoms with E-state index in [2.05, 4.69) is 26.0 Å². The van der Waals surface area contributed by atoms with Gasteiger partial charge >= 0.3 is 0 Å². The Balaban J connectivity index is 1.90. The summed E-state index contributed by atoms with van der Waals surface area (Å²) in [6, 6.07) is 7.58. The number of hydrogen-bond donors (Lipinski definition) is 2. The zero-order chi connectivity index (χ0) is 18.9. The largest absolute Gasteiger partial charge is 0.357 e. The molecule has 2 N–H and O–H groups in total. The van der Waals surface area contributed by atoms with Gasteiger partial charge in [-0.1, -0.05) is 12.1 Å². The summed E-state index contributed by atoms with van der Waals surface area (Å²) in [5, 5.41) is 9.77. The van der Waals surface area contributed by atoms with Gasteiger partial charge in [-0.2, -0.15) is 0 Å². The van der Waals surface area contributed by atoms with Gasteiger partial charge in [-0.3, -0.25) is 4.79 Å². The number of guanidine groups is 1. The first-order valence-electron chi connectivity index (χ1n) is 8.73. The van der Waals surface area contributed by atoms with Crippen molar-refractivity contribution in [2.75, 3.05) is 27.2 Å². The van der Waals surface area contributed by atoms with Crippen molar-refractivity contribution in [3.05, 3.63) is 51.5 Å². The van der Waals surface area contributed by atoms with Gasteiger partial charge in [0.15, 0.2) is 5.96 Å². The second-order valence-electron chi connectivity index (χ2n) is 6.13. The molecule has 1 aromatic heterocycles. The normalized spacial score (nSPS) is 11.3. The maximum Gasteiger partial charge on any atom is 0.253 e. The number of thiazole rings is 1. The quantitative estimate of drug-likeness (QED) is 0.578. The average molecular weight is 374 g/mol. The third kappa shape index (κ3) is 6.15. The molecule has 0 spiro atoms. The summed E-state index contributed by atoms with van der Waals surface area (Å²) in [7, 11) is 3.50. The summed E-state index contributed by atoms with van der Waals surface area (Å²) in [6.07, 6.45) is 0.871. The SMILES string of the molecule is CCNC(=NCc1ccc(C(=O)N(C)C)cc1)NCCc1csc(C)n1. The van der Waals surface area contributed by atoms with Crippen molar-refractivity contribution in [1.29, 1.82) is 0 Å². The maximum absolute atomic E-state index is 11.9. The summed E-state index contributed by atoms with van der Waals surface area (Å²) in [4.78, 5) is 22.6. The molecule has 0 unspecified atom stereocenters. The molecule has 1 heterocycles. The highest BCUT2D eigenvalue weighted by atomic mass is 32.1. The number of rotatable bonds is 7. The van der Waals surface area contributed by atoms with Crippen molar-refractivity contribution in [2.45, 2.75) is 26.8 Å². The Kier molecular flexibility index (Phi) is 7.59. The lowest BCUT2D eigenvalue weighted by Gasteiger charge is -2.11. The molecular weight excluding hydrogens is 346 g/mol. The van der Waals surface area contributed by atoms with Crippen molar-refractivity contribution in [1.82, 2.24) is 20.5 Å². The minimum Gasteiger partial charge on any atom is -0.357 e. The predicted octanol–water partition coefficient (Wildman–Crippen LogP) is 2.45. The average Bonchev–Trinajstić information content (AvgIpc) is 3.04. The van der Waals surface area contributed by atoms with Gasteiger partial charge in [-0.05, 0) is 31.5 Å². The molecule has 0 radical (unpaired) electrons. The van der Waals surface area contributed by atoms with Gasteiger partial charge in [0, 0.05) is 44.5 Å². The summed E-state index contributed by atoms with van der Waals surface area (Å²) in [5.74, 6) is 0.792. The number of nitrogens with zero attached hydrogens (tertiary/aromatic N) is 3. The molecule has 0 aliphatic heterocycles. The van der Waals surface area contributed by atoms with Crippen LogP contribution in [0.25, 0.3) is 0 Å². The Morgan fingerprint density at radius 3 is 2.54 bits per heavy atom. The highest BCUT2D eigenvalue weighted by Crippen LogP contribution is 2.08. The molecule has 7 heteroatoms. The number of nitrogens with one attached hydrogen (secondary N) is 2. The van der Waals surface area contributed by atoms with Gasteiger partial charge in [0.1, 0.15) is 0 Å². The molecule has 1 aromatic carbocycles. The number of benzene rings is 1. The van der Waals surface area contributed by atoms with Crippen LogP contribution in [0, 0.1) is 6.92 Å². The van der Waals surface area contributed by atoms with E-state index in [4.69, 9.17) is 0 Å². The fraction of sp³-hybridized carbons (Fsp3) is 0.421. The lowest BCUT2D eigenvalue weighted by molar-refractivity contribution is 0.0827. The molecule has 6 nitrogen and oxygen atoms in total. The minimum atomic E-state index is 0.00679. The highest BCUT2D eigenvalue weighted by Gasteiger charge is 2.07. The van der Waals surface area contributed by atoms with E-state index in [1.165, 1.54) is 0 Å². The molecule has 0 saturated heterocycles. The molecule has 2 aromatic rings. The summed E-state index contributed by atoms with van der Waals surface area (Å²) in [6.45, 7) is 6.21. The van der Waals surface area contributed by atoms with E-state index in [1.807, 2.05) is 38.1 Å². The molecule has 2 rings (SSSR count). The van der Waals surface area contributed by atoms with Crippen LogP contribution in [0.3, 0.4) is 0 Å². The van der Waals surface area contributed by atoms with Crippen LogP contribution in [-0.4, -0.2) is 48.9 Å². The third-order valence-corrected chi connectivity index (χ3v) is 4.53. The van der Waals surface area contributed by atoms with Crippen LogP contribution in [0.15, 0.2) is 34.6 Å². The van der Waals surface area contributed by atoms with E-state index in [9.17, 15) is 4.79 Å². The van der Waals surface area contributed by atoms with Gasteiger partial charge in [0.2, 0.25) is 0 Å².